The van der Waals surface area contributed by atoms with Crippen molar-refractivity contribution in [1.29, 1.82) is 0 Å². The summed E-state index contributed by atoms with van der Waals surface area (Å²) in [7, 11) is 1.42. The third-order valence-electron chi connectivity index (χ3n) is 6.99. The number of H-pyrrole nitrogens is 1. The van der Waals surface area contributed by atoms with Gasteiger partial charge in [-0.2, -0.15) is 22.8 Å². The number of carbonyl (C=O) groups excluding carboxylic acids is 1. The molecule has 0 unspecified atom stereocenters. The van der Waals surface area contributed by atoms with Gasteiger partial charge in [0.15, 0.2) is 16.8 Å². The van der Waals surface area contributed by atoms with Crippen molar-refractivity contribution < 1.29 is 32.2 Å². The summed E-state index contributed by atoms with van der Waals surface area (Å²) < 4.78 is 54.4. The Balaban J connectivity index is 1.69. The first-order chi connectivity index (χ1) is 19.2. The van der Waals surface area contributed by atoms with Crippen LogP contribution < -0.4 is 10.3 Å². The van der Waals surface area contributed by atoms with Gasteiger partial charge in [0.2, 0.25) is 5.89 Å². The first kappa shape index (κ1) is 25.6. The van der Waals surface area contributed by atoms with Crippen LogP contribution in [0.2, 0.25) is 0 Å². The summed E-state index contributed by atoms with van der Waals surface area (Å²) in [5, 5.41) is 13.5. The number of para-hydroxylation sites is 1. The fourth-order valence-corrected chi connectivity index (χ4v) is 5.14. The van der Waals surface area contributed by atoms with E-state index in [-0.39, 0.29) is 52.6 Å². The second-order valence-electron chi connectivity index (χ2n) is 9.33. The van der Waals surface area contributed by atoms with Crippen LogP contribution in [0, 0.1) is 0 Å². The molecule has 4 heterocycles. The molecule has 0 radical (unpaired) electrons. The highest BCUT2D eigenvalue weighted by molar-refractivity contribution is 6.00. The molecule has 1 saturated heterocycles. The first-order valence-corrected chi connectivity index (χ1v) is 12.4. The number of ether oxygens (including phenoxy) is 1. The molecule has 2 N–H and O–H groups in total. The van der Waals surface area contributed by atoms with Gasteiger partial charge in [-0.25, -0.2) is 4.98 Å². The smallest absolute Gasteiger partial charge is 0.435 e. The Morgan fingerprint density at radius 3 is 2.65 bits per heavy atom. The van der Waals surface area contributed by atoms with Gasteiger partial charge in [0.25, 0.3) is 11.5 Å². The summed E-state index contributed by atoms with van der Waals surface area (Å²) >= 11 is 0. The molecule has 206 valence electrons. The summed E-state index contributed by atoms with van der Waals surface area (Å²) in [5.41, 5.74) is -3.10. The van der Waals surface area contributed by atoms with Crippen LogP contribution in [0.25, 0.3) is 39.3 Å². The minimum absolute atomic E-state index is 0.146. The predicted molar refractivity (Wildman–Crippen MR) is 137 cm³/mol. The van der Waals surface area contributed by atoms with Crippen molar-refractivity contribution in [3.05, 3.63) is 70.3 Å². The third kappa shape index (κ3) is 4.01. The molecule has 1 atom stereocenters. The first-order valence-electron chi connectivity index (χ1n) is 12.4. The Morgan fingerprint density at radius 2 is 1.95 bits per heavy atom. The molecule has 0 aliphatic carbocycles. The molecule has 0 bridgehead atoms. The zero-order chi connectivity index (χ0) is 28.2. The number of methoxy groups -OCH3 is 1. The molecule has 1 aliphatic rings. The number of alkyl halides is 3. The number of nitrogens with one attached hydrogen (secondary N) is 1. The number of nitrogens with zero attached hydrogens (tertiary/aromatic N) is 4. The summed E-state index contributed by atoms with van der Waals surface area (Å²) in [6.07, 6.45) is -3.77. The lowest BCUT2D eigenvalue weighted by Gasteiger charge is -2.23. The van der Waals surface area contributed by atoms with Crippen LogP contribution in [-0.4, -0.2) is 61.8 Å². The second-order valence-corrected chi connectivity index (χ2v) is 9.33. The van der Waals surface area contributed by atoms with E-state index in [1.807, 2.05) is 0 Å². The monoisotopic (exact) mass is 553 g/mol. The Kier molecular flexibility index (Phi) is 6.10. The van der Waals surface area contributed by atoms with Crippen LogP contribution in [0.1, 0.15) is 29.0 Å². The summed E-state index contributed by atoms with van der Waals surface area (Å²) in [6, 6.07) is 12.0. The zero-order valence-electron chi connectivity index (χ0n) is 21.0. The highest BCUT2D eigenvalue weighted by Gasteiger charge is 2.41. The lowest BCUT2D eigenvalue weighted by Crippen LogP contribution is -2.39. The SMILES string of the molecule is COc1cccc2oc(-c3c(C(=O)N4CCC[C@@H]4CO)[nH]c4c(-c5ccccc5)c(C(F)(F)F)nn4c3=O)nc12. The van der Waals surface area contributed by atoms with Crippen LogP contribution >= 0.6 is 0 Å². The molecular formula is C27H22F3N5O5. The number of likely N-dealkylation sites (tertiary alicyclic amines) is 1. The van der Waals surface area contributed by atoms with Crippen molar-refractivity contribution >= 4 is 22.7 Å². The molecule has 0 spiro atoms. The van der Waals surface area contributed by atoms with Crippen molar-refractivity contribution in [2.75, 3.05) is 20.3 Å². The molecule has 6 rings (SSSR count). The van der Waals surface area contributed by atoms with Crippen molar-refractivity contribution in [2.45, 2.75) is 25.1 Å². The fourth-order valence-electron chi connectivity index (χ4n) is 5.14. The van der Waals surface area contributed by atoms with E-state index in [9.17, 15) is 27.9 Å². The normalized spacial score (nSPS) is 15.8. The van der Waals surface area contributed by atoms with E-state index in [4.69, 9.17) is 9.15 Å². The van der Waals surface area contributed by atoms with Crippen molar-refractivity contribution in [1.82, 2.24) is 24.5 Å². The van der Waals surface area contributed by atoms with Crippen LogP contribution in [-0.2, 0) is 6.18 Å². The van der Waals surface area contributed by atoms with Crippen LogP contribution in [0.3, 0.4) is 0 Å². The molecule has 1 aliphatic heterocycles. The Labute approximate surface area is 223 Å². The molecular weight excluding hydrogens is 531 g/mol. The van der Waals surface area contributed by atoms with Gasteiger partial charge in [0, 0.05) is 6.54 Å². The average molecular weight is 553 g/mol. The molecule has 1 amide bonds. The Morgan fingerprint density at radius 1 is 1.18 bits per heavy atom. The number of fused-ring (bicyclic) bond motifs is 2. The number of benzene rings is 2. The average Bonchev–Trinajstić information content (AvgIpc) is 3.69. The number of halogens is 3. The van der Waals surface area contributed by atoms with E-state index in [1.165, 1.54) is 24.1 Å². The van der Waals surface area contributed by atoms with Gasteiger partial charge in [0.1, 0.15) is 22.7 Å². The summed E-state index contributed by atoms with van der Waals surface area (Å²) in [6.45, 7) is -0.0233. The van der Waals surface area contributed by atoms with E-state index in [0.29, 0.717) is 23.1 Å². The zero-order valence-corrected chi connectivity index (χ0v) is 21.0. The van der Waals surface area contributed by atoms with E-state index >= 15 is 0 Å². The molecule has 5 aromatic rings. The maximum atomic E-state index is 14.2. The number of aliphatic hydroxyl groups is 1. The van der Waals surface area contributed by atoms with Crippen molar-refractivity contribution in [2.24, 2.45) is 0 Å². The minimum Gasteiger partial charge on any atom is -0.494 e. The highest BCUT2D eigenvalue weighted by Crippen LogP contribution is 2.39. The lowest BCUT2D eigenvalue weighted by molar-refractivity contribution is -0.140. The number of oxazole rings is 1. The molecule has 0 saturated carbocycles. The largest absolute Gasteiger partial charge is 0.494 e. The van der Waals surface area contributed by atoms with Crippen LogP contribution in [0.5, 0.6) is 5.75 Å². The minimum atomic E-state index is -4.91. The van der Waals surface area contributed by atoms with Crippen molar-refractivity contribution in [3.63, 3.8) is 0 Å². The number of amides is 1. The fraction of sp³-hybridized carbons (Fsp3) is 0.259. The van der Waals surface area contributed by atoms with E-state index in [2.05, 4.69) is 15.1 Å². The van der Waals surface area contributed by atoms with E-state index in [1.54, 1.807) is 36.4 Å². The number of hydrogen-bond acceptors (Lipinski definition) is 7. The summed E-state index contributed by atoms with van der Waals surface area (Å²) in [5.74, 6) is -0.646. The lowest BCUT2D eigenvalue weighted by atomic mass is 10.1. The Bertz CT molecular complexity index is 1810. The van der Waals surface area contributed by atoms with Crippen LogP contribution in [0.15, 0.2) is 57.7 Å². The third-order valence-corrected chi connectivity index (χ3v) is 6.99. The van der Waals surface area contributed by atoms with E-state index in [0.717, 1.165) is 0 Å². The molecule has 10 nitrogen and oxygen atoms in total. The van der Waals surface area contributed by atoms with Gasteiger partial charge >= 0.3 is 6.18 Å². The molecule has 3 aromatic heterocycles. The Hall–Kier alpha value is -4.65. The molecule has 2 aromatic carbocycles. The maximum absolute atomic E-state index is 14.2. The highest BCUT2D eigenvalue weighted by atomic mass is 19.4. The van der Waals surface area contributed by atoms with Gasteiger partial charge in [-0.3, -0.25) is 9.59 Å². The van der Waals surface area contributed by atoms with Crippen molar-refractivity contribution in [3.8, 4) is 28.3 Å². The van der Waals surface area contributed by atoms with Gasteiger partial charge in [0.05, 0.1) is 25.3 Å². The van der Waals surface area contributed by atoms with E-state index < -0.39 is 34.9 Å². The topological polar surface area (TPSA) is 126 Å². The molecule has 13 heteroatoms. The van der Waals surface area contributed by atoms with Gasteiger partial charge in [-0.05, 0) is 30.5 Å². The number of aromatic nitrogens is 4. The quantitative estimate of drug-likeness (QED) is 0.335. The number of hydrogen-bond donors (Lipinski definition) is 2. The number of aliphatic hydroxyl groups excluding tert-OH is 1. The maximum Gasteiger partial charge on any atom is 0.435 e. The van der Waals surface area contributed by atoms with Gasteiger partial charge in [-0.1, -0.05) is 36.4 Å². The molecule has 40 heavy (non-hydrogen) atoms. The molecule has 1 fully saturated rings. The summed E-state index contributed by atoms with van der Waals surface area (Å²) in [4.78, 5) is 36.4. The second kappa shape index (κ2) is 9.52. The number of aromatic amines is 1. The standard InChI is InChI=1S/C27H22F3N5O5/c1-39-16-10-5-11-17-20(16)32-24(40-17)19-21(26(38)34-12-6-9-15(34)13-36)31-23-18(14-7-3-2-4-8-14)22(27(28,29)30)33-35(23)25(19)37/h2-5,7-8,10-11,15,31,36H,6,9,12-13H2,1H3/t15-/m1/s1. The number of rotatable bonds is 5. The van der Waals surface area contributed by atoms with Gasteiger partial charge < -0.3 is 24.1 Å². The predicted octanol–water partition coefficient (Wildman–Crippen LogP) is 4.12. The van der Waals surface area contributed by atoms with Crippen LogP contribution in [0.4, 0.5) is 13.2 Å². The number of carbonyl (C=O) groups is 1. The van der Waals surface area contributed by atoms with Gasteiger partial charge in [-0.15, -0.1) is 0 Å².